The molecule has 53 heavy (non-hydrogen) atoms. The molecule has 0 saturated carbocycles. The van der Waals surface area contributed by atoms with Crippen LogP contribution < -0.4 is 0 Å². The lowest BCUT2D eigenvalue weighted by Gasteiger charge is -2.14. The maximum absolute atomic E-state index is 6.77. The summed E-state index contributed by atoms with van der Waals surface area (Å²) in [5, 5.41) is 12.1. The second-order valence-corrected chi connectivity index (χ2v) is 14.5. The zero-order valence-corrected chi connectivity index (χ0v) is 28.5. The number of para-hydroxylation sites is 2. The highest BCUT2D eigenvalue weighted by molar-refractivity contribution is 6.29. The van der Waals surface area contributed by atoms with Crippen LogP contribution in [0.5, 0.6) is 0 Å². The molecule has 3 aromatic heterocycles. The summed E-state index contributed by atoms with van der Waals surface area (Å²) in [6, 6.07) is 62.3. The third-order valence-corrected chi connectivity index (χ3v) is 11.8. The first-order valence-electron chi connectivity index (χ1n) is 18.3. The Kier molecular flexibility index (Phi) is 5.11. The molecule has 9 aromatic carbocycles. The molecule has 13 rings (SSSR count). The highest BCUT2D eigenvalue weighted by Crippen LogP contribution is 2.49. The lowest BCUT2D eigenvalue weighted by atomic mass is 10.0. The lowest BCUT2D eigenvalue weighted by Crippen LogP contribution is -1.99. The Morgan fingerprint density at radius 1 is 0.340 bits per heavy atom. The Hall–Kier alpha value is -7.10. The summed E-state index contributed by atoms with van der Waals surface area (Å²) in [6.45, 7) is 0. The second kappa shape index (κ2) is 9.81. The topological polar surface area (TPSA) is 23.0 Å². The third kappa shape index (κ3) is 3.49. The summed E-state index contributed by atoms with van der Waals surface area (Å²) in [6.07, 6.45) is 0. The van der Waals surface area contributed by atoms with E-state index in [0.717, 1.165) is 44.2 Å². The van der Waals surface area contributed by atoms with Crippen LogP contribution in [0.25, 0.3) is 121 Å². The highest BCUT2D eigenvalue weighted by atomic mass is 16.3. The van der Waals surface area contributed by atoms with Gasteiger partial charge in [0.15, 0.2) is 0 Å². The molecule has 0 N–H and O–H groups in total. The molecule has 0 saturated heterocycles. The summed E-state index contributed by atoms with van der Waals surface area (Å²) in [7, 11) is 0. The van der Waals surface area contributed by atoms with Crippen molar-refractivity contribution in [2.75, 3.05) is 0 Å². The van der Waals surface area contributed by atoms with E-state index < -0.39 is 0 Å². The van der Waals surface area contributed by atoms with Gasteiger partial charge in [0.1, 0.15) is 11.2 Å². The van der Waals surface area contributed by atoms with E-state index in [4.69, 9.17) is 4.42 Å². The Morgan fingerprint density at radius 2 is 1.00 bits per heavy atom. The number of rotatable bonds is 2. The number of aromatic nitrogens is 2. The van der Waals surface area contributed by atoms with Gasteiger partial charge in [-0.1, -0.05) is 121 Å². The van der Waals surface area contributed by atoms with Gasteiger partial charge in [0, 0.05) is 38.3 Å². The van der Waals surface area contributed by atoms with Crippen molar-refractivity contribution in [1.82, 2.24) is 9.13 Å². The van der Waals surface area contributed by atoms with Gasteiger partial charge in [0.25, 0.3) is 0 Å². The number of fused-ring (bicyclic) bond motifs is 15. The number of hydrogen-bond donors (Lipinski definition) is 0. The SMILES string of the molecule is c1ccc2cc(-n3c4ccc5c6ccccc6oc5c4c4ccc5c6ccccc6n(-c6ccc7c(c6)-c6cccc8cccc-7c68)c5c43)ccc2c1. The maximum Gasteiger partial charge on any atom is 0.145 e. The first-order valence-corrected chi connectivity index (χ1v) is 18.3. The number of furan rings is 1. The van der Waals surface area contributed by atoms with Crippen LogP contribution in [0.1, 0.15) is 0 Å². The van der Waals surface area contributed by atoms with Crippen LogP contribution in [0.3, 0.4) is 0 Å². The molecule has 0 atom stereocenters. The lowest BCUT2D eigenvalue weighted by molar-refractivity contribution is 0.673. The summed E-state index contributed by atoms with van der Waals surface area (Å²) in [4.78, 5) is 0. The van der Waals surface area contributed by atoms with E-state index in [1.54, 1.807) is 0 Å². The van der Waals surface area contributed by atoms with Crippen LogP contribution in [0, 0.1) is 0 Å². The number of benzene rings is 9. The van der Waals surface area contributed by atoms with E-state index in [2.05, 4.69) is 179 Å². The highest BCUT2D eigenvalue weighted by Gasteiger charge is 2.26. The molecule has 0 unspecified atom stereocenters. The predicted molar refractivity (Wildman–Crippen MR) is 222 cm³/mol. The fourth-order valence-corrected chi connectivity index (χ4v) is 9.58. The minimum atomic E-state index is 0.908. The Morgan fingerprint density at radius 3 is 1.91 bits per heavy atom. The molecule has 0 bridgehead atoms. The van der Waals surface area contributed by atoms with Crippen molar-refractivity contribution in [3.63, 3.8) is 0 Å². The molecule has 1 aliphatic rings. The van der Waals surface area contributed by atoms with E-state index in [-0.39, 0.29) is 0 Å². The van der Waals surface area contributed by atoms with Crippen molar-refractivity contribution < 1.29 is 4.42 Å². The molecule has 0 spiro atoms. The van der Waals surface area contributed by atoms with E-state index in [1.807, 2.05) is 0 Å². The molecular formula is C50H28N2O. The molecule has 1 aliphatic carbocycles. The molecule has 3 nitrogen and oxygen atoms in total. The van der Waals surface area contributed by atoms with E-state index >= 15 is 0 Å². The molecule has 0 fully saturated rings. The van der Waals surface area contributed by atoms with Gasteiger partial charge < -0.3 is 13.6 Å². The van der Waals surface area contributed by atoms with Crippen LogP contribution in [-0.4, -0.2) is 9.13 Å². The monoisotopic (exact) mass is 672 g/mol. The van der Waals surface area contributed by atoms with Crippen LogP contribution in [0.4, 0.5) is 0 Å². The van der Waals surface area contributed by atoms with E-state index in [9.17, 15) is 0 Å². The molecule has 0 amide bonds. The van der Waals surface area contributed by atoms with E-state index in [0.29, 0.717) is 0 Å². The van der Waals surface area contributed by atoms with Crippen molar-refractivity contribution in [3.05, 3.63) is 170 Å². The molecular weight excluding hydrogens is 645 g/mol. The van der Waals surface area contributed by atoms with Gasteiger partial charge in [-0.15, -0.1) is 0 Å². The summed E-state index contributed by atoms with van der Waals surface area (Å²) < 4.78 is 11.7. The molecule has 0 aliphatic heterocycles. The fraction of sp³-hybridized carbons (Fsp3) is 0. The minimum Gasteiger partial charge on any atom is -0.455 e. The Labute approximate surface area is 303 Å². The largest absolute Gasteiger partial charge is 0.455 e. The smallest absolute Gasteiger partial charge is 0.145 e. The van der Waals surface area contributed by atoms with Crippen molar-refractivity contribution in [2.45, 2.75) is 0 Å². The average Bonchev–Trinajstić information content (AvgIpc) is 3.95. The van der Waals surface area contributed by atoms with Crippen molar-refractivity contribution in [2.24, 2.45) is 0 Å². The van der Waals surface area contributed by atoms with Gasteiger partial charge in [0.2, 0.25) is 0 Å². The van der Waals surface area contributed by atoms with Crippen LogP contribution in [0.2, 0.25) is 0 Å². The zero-order valence-electron chi connectivity index (χ0n) is 28.5. The summed E-state index contributed by atoms with van der Waals surface area (Å²) in [5.41, 5.74) is 14.0. The predicted octanol–water partition coefficient (Wildman–Crippen LogP) is 13.7. The zero-order chi connectivity index (χ0) is 34.4. The van der Waals surface area contributed by atoms with Crippen LogP contribution in [0.15, 0.2) is 174 Å². The van der Waals surface area contributed by atoms with Gasteiger partial charge in [0.05, 0.1) is 27.5 Å². The second-order valence-electron chi connectivity index (χ2n) is 14.5. The van der Waals surface area contributed by atoms with Crippen molar-refractivity contribution >= 4 is 87.1 Å². The molecule has 12 aromatic rings. The van der Waals surface area contributed by atoms with Crippen molar-refractivity contribution in [1.29, 1.82) is 0 Å². The van der Waals surface area contributed by atoms with Crippen LogP contribution >= 0.6 is 0 Å². The fourth-order valence-electron chi connectivity index (χ4n) is 9.58. The average molecular weight is 673 g/mol. The van der Waals surface area contributed by atoms with Gasteiger partial charge >= 0.3 is 0 Å². The molecule has 0 radical (unpaired) electrons. The molecule has 3 heterocycles. The summed E-state index contributed by atoms with van der Waals surface area (Å²) >= 11 is 0. The Bertz CT molecular complexity index is 3570. The quantitative estimate of drug-likeness (QED) is 0.179. The van der Waals surface area contributed by atoms with Gasteiger partial charge in [-0.05, 0) is 92.3 Å². The molecule has 244 valence electrons. The normalized spacial score (nSPS) is 12.5. The third-order valence-electron chi connectivity index (χ3n) is 11.8. The standard InChI is InChI=1S/C50H28N2O/c1-2-10-31-27-32(20-19-29(31)9-1)52-44-26-25-40-36-14-4-6-18-45(36)53-50(40)47(44)41-24-23-39-35-13-3-5-17-43(35)51(48(39)49(41)52)33-21-22-34-37-15-7-11-30-12-8-16-38(46(30)37)42(34)28-33/h1-28H. The number of nitrogens with zero attached hydrogens (tertiary/aromatic N) is 2. The van der Waals surface area contributed by atoms with E-state index in [1.165, 1.54) is 76.5 Å². The Balaban J connectivity index is 1.22. The maximum atomic E-state index is 6.77. The van der Waals surface area contributed by atoms with Gasteiger partial charge in [-0.2, -0.15) is 0 Å². The first-order chi connectivity index (χ1) is 26.3. The number of hydrogen-bond acceptors (Lipinski definition) is 1. The minimum absolute atomic E-state index is 0.908. The van der Waals surface area contributed by atoms with Gasteiger partial charge in [-0.3, -0.25) is 0 Å². The van der Waals surface area contributed by atoms with Gasteiger partial charge in [-0.25, -0.2) is 0 Å². The molecule has 3 heteroatoms. The van der Waals surface area contributed by atoms with Crippen LogP contribution in [-0.2, 0) is 0 Å². The first kappa shape index (κ1) is 27.6. The van der Waals surface area contributed by atoms with Crippen molar-refractivity contribution in [3.8, 4) is 33.6 Å². The summed E-state index contributed by atoms with van der Waals surface area (Å²) in [5.74, 6) is 0.